The molecule has 0 spiro atoms. The second-order valence-electron chi connectivity index (χ2n) is 7.64. The van der Waals surface area contributed by atoms with Crippen LogP contribution in [0.15, 0.2) is 95.6 Å². The molecule has 31 heavy (non-hydrogen) atoms. The lowest BCUT2D eigenvalue weighted by molar-refractivity contribution is 0.884. The van der Waals surface area contributed by atoms with Crippen molar-refractivity contribution in [3.8, 4) is 11.1 Å². The van der Waals surface area contributed by atoms with Crippen molar-refractivity contribution in [1.82, 2.24) is 0 Å². The maximum Gasteiger partial charge on any atom is -0.0152 e. The fourth-order valence-corrected chi connectivity index (χ4v) is 3.97. The Morgan fingerprint density at radius 3 is 2.16 bits per heavy atom. The van der Waals surface area contributed by atoms with Gasteiger partial charge in [-0.15, -0.1) is 0 Å². The lowest BCUT2D eigenvalue weighted by atomic mass is 9.88. The van der Waals surface area contributed by atoms with E-state index in [0.717, 1.165) is 6.42 Å². The molecule has 0 heterocycles. The standard InChI is InChI=1S/C15H16.C13H16.C2H6.CH4/c1-3-13-11-12(2)9-10-15(13)14-7-5-4-6-8-14;1-11-7-5-6-10-13(11)12-8-3-2-4-9-12;1-2;/h4-11H,3H2,1-2H3;2-3,5,7-8H,4,6,9-10H2,1H3;1-2H3;1H4. The first-order chi connectivity index (χ1) is 14.7. The van der Waals surface area contributed by atoms with Crippen LogP contribution in [0.25, 0.3) is 11.1 Å². The van der Waals surface area contributed by atoms with E-state index in [4.69, 9.17) is 0 Å². The predicted molar refractivity (Wildman–Crippen MR) is 142 cm³/mol. The Bertz CT molecular complexity index is 904. The van der Waals surface area contributed by atoms with Crippen molar-refractivity contribution in [2.45, 2.75) is 74.1 Å². The molecular weight excluding hydrogens is 372 g/mol. The van der Waals surface area contributed by atoms with Gasteiger partial charge in [0.2, 0.25) is 0 Å². The zero-order chi connectivity index (χ0) is 21.8. The smallest absolute Gasteiger partial charge is 0.0152 e. The quantitative estimate of drug-likeness (QED) is 0.469. The zero-order valence-corrected chi connectivity index (χ0v) is 19.5. The molecule has 2 aliphatic rings. The first-order valence-corrected chi connectivity index (χ1v) is 11.6. The molecule has 0 bridgehead atoms. The molecule has 2 aliphatic carbocycles. The summed E-state index contributed by atoms with van der Waals surface area (Å²) in [5.41, 5.74) is 10.1. The second kappa shape index (κ2) is 14.4. The summed E-state index contributed by atoms with van der Waals surface area (Å²) < 4.78 is 0. The van der Waals surface area contributed by atoms with Gasteiger partial charge in [0, 0.05) is 0 Å². The highest BCUT2D eigenvalue weighted by Gasteiger charge is 2.10. The van der Waals surface area contributed by atoms with Crippen LogP contribution in [0.5, 0.6) is 0 Å². The van der Waals surface area contributed by atoms with Crippen LogP contribution in [0.1, 0.15) is 71.9 Å². The number of hydrogen-bond donors (Lipinski definition) is 0. The second-order valence-corrected chi connectivity index (χ2v) is 7.64. The van der Waals surface area contributed by atoms with Crippen LogP contribution >= 0.6 is 0 Å². The Labute approximate surface area is 192 Å². The normalized spacial score (nSPS) is 14.4. The van der Waals surface area contributed by atoms with Gasteiger partial charge in [0.15, 0.2) is 0 Å². The molecule has 0 radical (unpaired) electrons. The van der Waals surface area contributed by atoms with Crippen molar-refractivity contribution >= 4 is 0 Å². The Morgan fingerprint density at radius 1 is 0.839 bits per heavy atom. The minimum absolute atomic E-state index is 0. The van der Waals surface area contributed by atoms with Gasteiger partial charge in [-0.1, -0.05) is 113 Å². The van der Waals surface area contributed by atoms with Crippen molar-refractivity contribution < 1.29 is 0 Å². The van der Waals surface area contributed by atoms with Crippen LogP contribution in [0, 0.1) is 6.92 Å². The third-order valence-corrected chi connectivity index (χ3v) is 5.53. The molecule has 166 valence electrons. The van der Waals surface area contributed by atoms with Gasteiger partial charge in [-0.25, -0.2) is 0 Å². The summed E-state index contributed by atoms with van der Waals surface area (Å²) in [4.78, 5) is 0. The van der Waals surface area contributed by atoms with Crippen LogP contribution in [-0.4, -0.2) is 0 Å². The molecule has 0 unspecified atom stereocenters. The Hall–Kier alpha value is -2.60. The molecule has 0 amide bonds. The molecule has 0 saturated carbocycles. The maximum atomic E-state index is 2.28. The van der Waals surface area contributed by atoms with Gasteiger partial charge in [-0.05, 0) is 79.4 Å². The Balaban J connectivity index is 0.000000281. The van der Waals surface area contributed by atoms with E-state index < -0.39 is 0 Å². The molecule has 0 nitrogen and oxygen atoms in total. The molecule has 0 N–H and O–H groups in total. The van der Waals surface area contributed by atoms with Crippen molar-refractivity contribution in [3.63, 3.8) is 0 Å². The van der Waals surface area contributed by atoms with Crippen molar-refractivity contribution in [3.05, 3.63) is 107 Å². The molecule has 0 atom stereocenters. The van der Waals surface area contributed by atoms with Crippen LogP contribution in [-0.2, 0) is 6.42 Å². The third kappa shape index (κ3) is 7.87. The topological polar surface area (TPSA) is 0 Å². The molecular formula is C31H42. The lowest BCUT2D eigenvalue weighted by Gasteiger charge is -2.17. The highest BCUT2D eigenvalue weighted by Crippen LogP contribution is 2.29. The predicted octanol–water partition coefficient (Wildman–Crippen LogP) is 9.82. The van der Waals surface area contributed by atoms with Gasteiger partial charge in [-0.2, -0.15) is 0 Å². The largest absolute Gasteiger partial charge is 0.0842 e. The lowest BCUT2D eigenvalue weighted by Crippen LogP contribution is -1.98. The van der Waals surface area contributed by atoms with E-state index in [-0.39, 0.29) is 7.43 Å². The van der Waals surface area contributed by atoms with E-state index in [2.05, 4.69) is 99.7 Å². The zero-order valence-electron chi connectivity index (χ0n) is 19.5. The van der Waals surface area contributed by atoms with E-state index in [0.29, 0.717) is 0 Å². The summed E-state index contributed by atoms with van der Waals surface area (Å²) in [6.45, 7) is 10.6. The SMILES string of the molecule is C.CC.CC1=C(C2=CC=CCC2)CCC=C1.CCc1cc(C)ccc1-c1ccccc1. The molecule has 0 heteroatoms. The number of rotatable bonds is 3. The highest BCUT2D eigenvalue weighted by atomic mass is 14.2. The van der Waals surface area contributed by atoms with E-state index in [1.165, 1.54) is 53.5 Å². The van der Waals surface area contributed by atoms with Gasteiger partial charge in [0.1, 0.15) is 0 Å². The number of allylic oxidation sites excluding steroid dienone is 8. The molecule has 0 saturated heterocycles. The van der Waals surface area contributed by atoms with Crippen molar-refractivity contribution in [1.29, 1.82) is 0 Å². The average Bonchev–Trinajstić information content (AvgIpc) is 2.82. The molecule has 0 fully saturated rings. The van der Waals surface area contributed by atoms with E-state index in [1.807, 2.05) is 13.8 Å². The van der Waals surface area contributed by atoms with Gasteiger partial charge in [0.25, 0.3) is 0 Å². The fourth-order valence-electron chi connectivity index (χ4n) is 3.97. The first-order valence-electron chi connectivity index (χ1n) is 11.6. The van der Waals surface area contributed by atoms with Crippen LogP contribution in [0.2, 0.25) is 0 Å². The summed E-state index contributed by atoms with van der Waals surface area (Å²) in [5, 5.41) is 0. The Morgan fingerprint density at radius 2 is 1.55 bits per heavy atom. The van der Waals surface area contributed by atoms with E-state index in [9.17, 15) is 0 Å². The number of aryl methyl sites for hydroxylation is 2. The first kappa shape index (κ1) is 26.4. The van der Waals surface area contributed by atoms with Crippen molar-refractivity contribution in [2.24, 2.45) is 0 Å². The Kier molecular flexibility index (Phi) is 12.3. The summed E-state index contributed by atoms with van der Waals surface area (Å²) in [6.07, 6.45) is 17.2. The molecule has 4 rings (SSSR count). The summed E-state index contributed by atoms with van der Waals surface area (Å²) in [5.74, 6) is 0. The molecule has 2 aromatic carbocycles. The van der Waals surface area contributed by atoms with Gasteiger partial charge < -0.3 is 0 Å². The maximum absolute atomic E-state index is 2.28. The molecule has 2 aromatic rings. The summed E-state index contributed by atoms with van der Waals surface area (Å²) >= 11 is 0. The third-order valence-electron chi connectivity index (χ3n) is 5.53. The van der Waals surface area contributed by atoms with Crippen molar-refractivity contribution in [2.75, 3.05) is 0 Å². The van der Waals surface area contributed by atoms with Gasteiger partial charge >= 0.3 is 0 Å². The van der Waals surface area contributed by atoms with Gasteiger partial charge in [0.05, 0.1) is 0 Å². The summed E-state index contributed by atoms with van der Waals surface area (Å²) in [6, 6.07) is 17.3. The minimum Gasteiger partial charge on any atom is -0.0842 e. The van der Waals surface area contributed by atoms with E-state index in [1.54, 1.807) is 11.1 Å². The monoisotopic (exact) mass is 414 g/mol. The van der Waals surface area contributed by atoms with Crippen LogP contribution in [0.4, 0.5) is 0 Å². The average molecular weight is 415 g/mol. The van der Waals surface area contributed by atoms with E-state index >= 15 is 0 Å². The molecule has 0 aliphatic heterocycles. The highest BCUT2D eigenvalue weighted by molar-refractivity contribution is 5.67. The van der Waals surface area contributed by atoms with Gasteiger partial charge in [-0.3, -0.25) is 0 Å². The fraction of sp³-hybridized carbons (Fsp3) is 0.355. The molecule has 0 aromatic heterocycles. The number of benzene rings is 2. The summed E-state index contributed by atoms with van der Waals surface area (Å²) in [7, 11) is 0. The minimum atomic E-state index is 0. The number of hydrogen-bond acceptors (Lipinski definition) is 0. The van der Waals surface area contributed by atoms with Crippen LogP contribution in [0.3, 0.4) is 0 Å². The van der Waals surface area contributed by atoms with Crippen LogP contribution < -0.4 is 0 Å².